The molecule has 0 radical (unpaired) electrons. The summed E-state index contributed by atoms with van der Waals surface area (Å²) in [6, 6.07) is 3.49. The van der Waals surface area contributed by atoms with Crippen molar-refractivity contribution in [2.45, 2.75) is 30.7 Å². The molecule has 6 nitrogen and oxygen atoms in total. The van der Waals surface area contributed by atoms with Crippen molar-refractivity contribution in [2.75, 3.05) is 24.2 Å². The van der Waals surface area contributed by atoms with E-state index in [0.717, 1.165) is 48.6 Å². The Balaban J connectivity index is 1.65. The zero-order chi connectivity index (χ0) is 18.7. The van der Waals surface area contributed by atoms with Crippen LogP contribution in [0.5, 0.6) is 0 Å². The maximum atomic E-state index is 12.8. The molecular formula is C16H18F3N5OS. The van der Waals surface area contributed by atoms with E-state index < -0.39 is 17.4 Å². The minimum absolute atomic E-state index is 0.0989. The second-order valence-electron chi connectivity index (χ2n) is 6.07. The smallest absolute Gasteiger partial charge is 0.356 e. The molecule has 1 saturated heterocycles. The lowest BCUT2D eigenvalue weighted by Gasteiger charge is -2.32. The molecular weight excluding hydrogens is 367 g/mol. The van der Waals surface area contributed by atoms with Gasteiger partial charge in [0.25, 0.3) is 5.56 Å². The Morgan fingerprint density at radius 1 is 1.23 bits per heavy atom. The van der Waals surface area contributed by atoms with Crippen LogP contribution in [0.25, 0.3) is 0 Å². The Kier molecular flexibility index (Phi) is 5.49. The van der Waals surface area contributed by atoms with E-state index in [1.165, 1.54) is 11.8 Å². The molecule has 3 rings (SSSR count). The SMILES string of the molecule is CSc1nccc(N2CCC(Cn3nc(C(F)(F)F)ccc3=O)CC2)n1. The van der Waals surface area contributed by atoms with Gasteiger partial charge in [-0.3, -0.25) is 4.79 Å². The highest BCUT2D eigenvalue weighted by molar-refractivity contribution is 7.98. The van der Waals surface area contributed by atoms with E-state index in [-0.39, 0.29) is 12.5 Å². The summed E-state index contributed by atoms with van der Waals surface area (Å²) < 4.78 is 39.3. The first kappa shape index (κ1) is 18.7. The fourth-order valence-electron chi connectivity index (χ4n) is 2.93. The van der Waals surface area contributed by atoms with Crippen LogP contribution in [0.4, 0.5) is 19.0 Å². The number of aromatic nitrogens is 4. The van der Waals surface area contributed by atoms with Crippen molar-refractivity contribution in [3.63, 3.8) is 0 Å². The van der Waals surface area contributed by atoms with Crippen molar-refractivity contribution in [2.24, 2.45) is 5.92 Å². The molecule has 10 heteroatoms. The first-order chi connectivity index (χ1) is 12.4. The molecule has 0 aromatic carbocycles. The average Bonchev–Trinajstić information content (AvgIpc) is 2.63. The Bertz CT molecular complexity index is 818. The number of anilines is 1. The largest absolute Gasteiger partial charge is 0.435 e. The standard InChI is InChI=1S/C16H18F3N5OS/c1-26-15-20-7-4-13(21-15)23-8-5-11(6-9-23)10-24-14(25)3-2-12(22-24)16(17,18)19/h2-4,7,11H,5-6,8-10H2,1H3. The highest BCUT2D eigenvalue weighted by Gasteiger charge is 2.33. The first-order valence-electron chi connectivity index (χ1n) is 8.14. The summed E-state index contributed by atoms with van der Waals surface area (Å²) in [7, 11) is 0. The van der Waals surface area contributed by atoms with E-state index >= 15 is 0 Å². The maximum Gasteiger partial charge on any atom is 0.435 e. The number of nitrogens with zero attached hydrogens (tertiary/aromatic N) is 5. The van der Waals surface area contributed by atoms with Crippen molar-refractivity contribution in [3.05, 3.63) is 40.4 Å². The Labute approximate surface area is 152 Å². The normalized spacial score (nSPS) is 16.1. The number of thioether (sulfide) groups is 1. The van der Waals surface area contributed by atoms with Gasteiger partial charge in [0.05, 0.1) is 0 Å². The van der Waals surface area contributed by atoms with Crippen LogP contribution in [0.1, 0.15) is 18.5 Å². The number of rotatable bonds is 4. The molecule has 0 aliphatic carbocycles. The fraction of sp³-hybridized carbons (Fsp3) is 0.500. The lowest BCUT2D eigenvalue weighted by atomic mass is 9.97. The van der Waals surface area contributed by atoms with Crippen LogP contribution in [-0.4, -0.2) is 39.1 Å². The number of alkyl halides is 3. The molecule has 3 heterocycles. The van der Waals surface area contributed by atoms with Gasteiger partial charge in [0.1, 0.15) is 5.82 Å². The van der Waals surface area contributed by atoms with Gasteiger partial charge < -0.3 is 4.90 Å². The van der Waals surface area contributed by atoms with Crippen LogP contribution in [-0.2, 0) is 12.7 Å². The molecule has 1 fully saturated rings. The monoisotopic (exact) mass is 385 g/mol. The third kappa shape index (κ3) is 4.35. The lowest BCUT2D eigenvalue weighted by molar-refractivity contribution is -0.142. The van der Waals surface area contributed by atoms with Gasteiger partial charge in [0, 0.05) is 31.9 Å². The minimum atomic E-state index is -4.55. The van der Waals surface area contributed by atoms with Crippen LogP contribution in [0, 0.1) is 5.92 Å². The Morgan fingerprint density at radius 3 is 2.62 bits per heavy atom. The Morgan fingerprint density at radius 2 is 1.96 bits per heavy atom. The molecule has 0 N–H and O–H groups in total. The second kappa shape index (κ2) is 7.65. The molecule has 2 aromatic heterocycles. The van der Waals surface area contributed by atoms with Crippen LogP contribution in [0.2, 0.25) is 0 Å². The molecule has 0 amide bonds. The van der Waals surface area contributed by atoms with E-state index in [4.69, 9.17) is 0 Å². The molecule has 0 spiro atoms. The van der Waals surface area contributed by atoms with Gasteiger partial charge in [0.2, 0.25) is 0 Å². The topological polar surface area (TPSA) is 63.9 Å². The third-order valence-electron chi connectivity index (χ3n) is 4.33. The molecule has 26 heavy (non-hydrogen) atoms. The molecule has 0 saturated carbocycles. The van der Waals surface area contributed by atoms with Gasteiger partial charge in [0.15, 0.2) is 10.9 Å². The number of halogens is 3. The van der Waals surface area contributed by atoms with E-state index in [9.17, 15) is 18.0 Å². The van der Waals surface area contributed by atoms with E-state index in [0.29, 0.717) is 5.16 Å². The van der Waals surface area contributed by atoms with E-state index in [2.05, 4.69) is 20.0 Å². The molecule has 0 bridgehead atoms. The fourth-order valence-corrected chi connectivity index (χ4v) is 3.28. The summed E-state index contributed by atoms with van der Waals surface area (Å²) in [5.41, 5.74) is -1.55. The summed E-state index contributed by atoms with van der Waals surface area (Å²) >= 11 is 1.47. The average molecular weight is 385 g/mol. The summed E-state index contributed by atoms with van der Waals surface area (Å²) in [6.45, 7) is 1.64. The zero-order valence-electron chi connectivity index (χ0n) is 14.1. The van der Waals surface area contributed by atoms with Crippen LogP contribution in [0.3, 0.4) is 0 Å². The predicted octanol–water partition coefficient (Wildman–Crippen LogP) is 2.69. The highest BCUT2D eigenvalue weighted by atomic mass is 32.2. The molecule has 1 aliphatic heterocycles. The van der Waals surface area contributed by atoms with Crippen molar-refractivity contribution in [1.29, 1.82) is 0 Å². The van der Waals surface area contributed by atoms with E-state index in [1.807, 2.05) is 12.3 Å². The first-order valence-corrected chi connectivity index (χ1v) is 9.36. The van der Waals surface area contributed by atoms with Crippen molar-refractivity contribution in [3.8, 4) is 0 Å². The van der Waals surface area contributed by atoms with Gasteiger partial charge in [-0.1, -0.05) is 11.8 Å². The van der Waals surface area contributed by atoms with Crippen LogP contribution >= 0.6 is 11.8 Å². The minimum Gasteiger partial charge on any atom is -0.356 e. The summed E-state index contributed by atoms with van der Waals surface area (Å²) in [5.74, 6) is 0.943. The second-order valence-corrected chi connectivity index (χ2v) is 6.84. The van der Waals surface area contributed by atoms with E-state index in [1.54, 1.807) is 6.20 Å². The summed E-state index contributed by atoms with van der Waals surface area (Å²) in [5, 5.41) is 4.18. The van der Waals surface area contributed by atoms with Crippen LogP contribution < -0.4 is 10.5 Å². The summed E-state index contributed by atoms with van der Waals surface area (Å²) in [4.78, 5) is 22.6. The number of piperidine rings is 1. The van der Waals surface area contributed by atoms with Gasteiger partial charge >= 0.3 is 6.18 Å². The van der Waals surface area contributed by atoms with Gasteiger partial charge in [-0.2, -0.15) is 18.3 Å². The van der Waals surface area contributed by atoms with Gasteiger partial charge in [-0.05, 0) is 37.1 Å². The van der Waals surface area contributed by atoms with Crippen LogP contribution in [0.15, 0.2) is 34.3 Å². The quantitative estimate of drug-likeness (QED) is 0.596. The molecule has 2 aromatic rings. The number of hydrogen-bond acceptors (Lipinski definition) is 6. The molecule has 1 aliphatic rings. The summed E-state index contributed by atoms with van der Waals surface area (Å²) in [6.07, 6.45) is 0.574. The highest BCUT2D eigenvalue weighted by Crippen LogP contribution is 2.27. The van der Waals surface area contributed by atoms with Gasteiger partial charge in [-0.15, -0.1) is 0 Å². The zero-order valence-corrected chi connectivity index (χ0v) is 14.9. The van der Waals surface area contributed by atoms with Crippen molar-refractivity contribution in [1.82, 2.24) is 19.7 Å². The number of hydrogen-bond donors (Lipinski definition) is 0. The maximum absolute atomic E-state index is 12.8. The van der Waals surface area contributed by atoms with Gasteiger partial charge in [-0.25, -0.2) is 14.6 Å². The molecule has 140 valence electrons. The lowest BCUT2D eigenvalue weighted by Crippen LogP contribution is -2.37. The Hall–Kier alpha value is -2.10. The predicted molar refractivity (Wildman–Crippen MR) is 92.2 cm³/mol. The third-order valence-corrected chi connectivity index (χ3v) is 4.89. The molecule has 0 atom stereocenters. The van der Waals surface area contributed by atoms with Crippen molar-refractivity contribution < 1.29 is 13.2 Å². The van der Waals surface area contributed by atoms with Crippen molar-refractivity contribution >= 4 is 17.6 Å². The molecule has 0 unspecified atom stereocenters.